The molecule has 1 saturated carbocycles. The van der Waals surface area contributed by atoms with E-state index in [-0.39, 0.29) is 11.9 Å². The standard InChI is InChI=1S/C15H15FN4O/c1-8(2)20-15-10(6-17-7-11(15)16)14(18-20)12-5-13(21-19-12)9-3-4-9/h5-9H,3-4H2,1-2H3. The summed E-state index contributed by atoms with van der Waals surface area (Å²) in [6, 6.07) is 1.96. The summed E-state index contributed by atoms with van der Waals surface area (Å²) in [6.45, 7) is 3.93. The van der Waals surface area contributed by atoms with Crippen LogP contribution in [0.1, 0.15) is 44.4 Å². The van der Waals surface area contributed by atoms with E-state index in [2.05, 4.69) is 15.2 Å². The molecule has 1 aliphatic rings. The molecule has 21 heavy (non-hydrogen) atoms. The van der Waals surface area contributed by atoms with E-state index in [4.69, 9.17) is 4.52 Å². The highest BCUT2D eigenvalue weighted by atomic mass is 19.1. The third kappa shape index (κ3) is 1.93. The quantitative estimate of drug-likeness (QED) is 0.737. The van der Waals surface area contributed by atoms with Gasteiger partial charge in [-0.1, -0.05) is 5.16 Å². The van der Waals surface area contributed by atoms with E-state index in [0.29, 0.717) is 28.2 Å². The number of pyridine rings is 1. The van der Waals surface area contributed by atoms with Crippen LogP contribution in [0.15, 0.2) is 23.0 Å². The molecule has 0 N–H and O–H groups in total. The molecular formula is C15H15FN4O. The molecule has 0 aromatic carbocycles. The fourth-order valence-corrected chi connectivity index (χ4v) is 2.57. The van der Waals surface area contributed by atoms with Crippen molar-refractivity contribution in [2.45, 2.75) is 38.6 Å². The molecule has 1 fully saturated rings. The molecule has 0 saturated heterocycles. The minimum absolute atomic E-state index is 0.0490. The summed E-state index contributed by atoms with van der Waals surface area (Å²) >= 11 is 0. The van der Waals surface area contributed by atoms with Crippen molar-refractivity contribution in [1.29, 1.82) is 0 Å². The Bertz CT molecular complexity index is 816. The lowest BCUT2D eigenvalue weighted by Gasteiger charge is -2.06. The first-order chi connectivity index (χ1) is 10.1. The van der Waals surface area contributed by atoms with Crippen LogP contribution in [0.3, 0.4) is 0 Å². The molecule has 3 aromatic rings. The van der Waals surface area contributed by atoms with Crippen LogP contribution in [0.4, 0.5) is 4.39 Å². The van der Waals surface area contributed by atoms with Crippen LogP contribution < -0.4 is 0 Å². The SMILES string of the molecule is CC(C)n1nc(-c2cc(C3CC3)on2)c2cncc(F)c21. The number of hydrogen-bond acceptors (Lipinski definition) is 4. The monoisotopic (exact) mass is 286 g/mol. The molecule has 0 atom stereocenters. The lowest BCUT2D eigenvalue weighted by molar-refractivity contribution is 0.386. The van der Waals surface area contributed by atoms with Gasteiger partial charge in [0.15, 0.2) is 5.82 Å². The van der Waals surface area contributed by atoms with Crippen molar-refractivity contribution in [3.8, 4) is 11.4 Å². The zero-order valence-electron chi connectivity index (χ0n) is 11.9. The van der Waals surface area contributed by atoms with E-state index in [9.17, 15) is 4.39 Å². The van der Waals surface area contributed by atoms with E-state index >= 15 is 0 Å². The largest absolute Gasteiger partial charge is 0.360 e. The van der Waals surface area contributed by atoms with Crippen molar-refractivity contribution in [3.05, 3.63) is 30.0 Å². The molecule has 3 heterocycles. The molecule has 1 aliphatic carbocycles. The van der Waals surface area contributed by atoms with Gasteiger partial charge in [-0.15, -0.1) is 0 Å². The van der Waals surface area contributed by atoms with Gasteiger partial charge in [-0.3, -0.25) is 9.67 Å². The molecular weight excluding hydrogens is 271 g/mol. The molecule has 6 heteroatoms. The summed E-state index contributed by atoms with van der Waals surface area (Å²) in [6.07, 6.45) is 5.13. The van der Waals surface area contributed by atoms with Crippen LogP contribution in [0.5, 0.6) is 0 Å². The predicted octanol–water partition coefficient (Wildman–Crippen LogP) is 3.68. The van der Waals surface area contributed by atoms with E-state index in [1.54, 1.807) is 10.9 Å². The minimum atomic E-state index is -0.370. The van der Waals surface area contributed by atoms with E-state index in [1.165, 1.54) is 6.20 Å². The topological polar surface area (TPSA) is 56.7 Å². The normalized spacial score (nSPS) is 15.2. The first-order valence-corrected chi connectivity index (χ1v) is 7.14. The van der Waals surface area contributed by atoms with Gasteiger partial charge in [0, 0.05) is 24.2 Å². The van der Waals surface area contributed by atoms with Crippen LogP contribution >= 0.6 is 0 Å². The Morgan fingerprint density at radius 3 is 2.86 bits per heavy atom. The number of nitrogens with zero attached hydrogens (tertiary/aromatic N) is 4. The fraction of sp³-hybridized carbons (Fsp3) is 0.400. The second-order valence-electron chi connectivity index (χ2n) is 5.79. The third-order valence-corrected chi connectivity index (χ3v) is 3.80. The average Bonchev–Trinajstić information content (AvgIpc) is 3.05. The minimum Gasteiger partial charge on any atom is -0.360 e. The van der Waals surface area contributed by atoms with Crippen LogP contribution in [-0.2, 0) is 0 Å². The van der Waals surface area contributed by atoms with Gasteiger partial charge in [-0.25, -0.2) is 4.39 Å². The van der Waals surface area contributed by atoms with Gasteiger partial charge in [0.1, 0.15) is 22.7 Å². The van der Waals surface area contributed by atoms with Crippen molar-refractivity contribution in [3.63, 3.8) is 0 Å². The highest BCUT2D eigenvalue weighted by Crippen LogP contribution is 2.41. The van der Waals surface area contributed by atoms with Crippen LogP contribution in [0, 0.1) is 5.82 Å². The Morgan fingerprint density at radius 1 is 1.33 bits per heavy atom. The van der Waals surface area contributed by atoms with Crippen LogP contribution in [-0.4, -0.2) is 19.9 Å². The number of fused-ring (bicyclic) bond motifs is 1. The maximum Gasteiger partial charge on any atom is 0.167 e. The van der Waals surface area contributed by atoms with Crippen molar-refractivity contribution in [1.82, 2.24) is 19.9 Å². The smallest absolute Gasteiger partial charge is 0.167 e. The zero-order valence-corrected chi connectivity index (χ0v) is 11.9. The summed E-state index contributed by atoms with van der Waals surface area (Å²) in [5, 5.41) is 9.29. The summed E-state index contributed by atoms with van der Waals surface area (Å²) in [5.41, 5.74) is 1.74. The van der Waals surface area contributed by atoms with Gasteiger partial charge in [-0.2, -0.15) is 5.10 Å². The van der Waals surface area contributed by atoms with Crippen molar-refractivity contribution in [2.75, 3.05) is 0 Å². The zero-order chi connectivity index (χ0) is 14.6. The van der Waals surface area contributed by atoms with Gasteiger partial charge in [0.25, 0.3) is 0 Å². The molecule has 0 spiro atoms. The number of rotatable bonds is 3. The average molecular weight is 286 g/mol. The van der Waals surface area contributed by atoms with E-state index in [0.717, 1.165) is 18.6 Å². The highest BCUT2D eigenvalue weighted by molar-refractivity contribution is 5.92. The summed E-state index contributed by atoms with van der Waals surface area (Å²) < 4.78 is 21.2. The Balaban J connectivity index is 1.93. The summed E-state index contributed by atoms with van der Waals surface area (Å²) in [4.78, 5) is 3.94. The van der Waals surface area contributed by atoms with Crippen LogP contribution in [0.25, 0.3) is 22.3 Å². The lowest BCUT2D eigenvalue weighted by Crippen LogP contribution is -2.03. The Labute approximate surface area is 120 Å². The number of halogens is 1. The molecule has 0 bridgehead atoms. The summed E-state index contributed by atoms with van der Waals surface area (Å²) in [7, 11) is 0. The third-order valence-electron chi connectivity index (χ3n) is 3.80. The maximum atomic E-state index is 14.1. The molecule has 0 unspecified atom stereocenters. The number of aromatic nitrogens is 4. The van der Waals surface area contributed by atoms with Gasteiger partial charge in [-0.05, 0) is 26.7 Å². The lowest BCUT2D eigenvalue weighted by atomic mass is 10.2. The summed E-state index contributed by atoms with van der Waals surface area (Å²) in [5.74, 6) is 1.01. The predicted molar refractivity (Wildman–Crippen MR) is 75.3 cm³/mol. The fourth-order valence-electron chi connectivity index (χ4n) is 2.57. The number of hydrogen-bond donors (Lipinski definition) is 0. The van der Waals surface area contributed by atoms with Crippen molar-refractivity contribution in [2.24, 2.45) is 0 Å². The first kappa shape index (κ1) is 12.5. The van der Waals surface area contributed by atoms with Crippen molar-refractivity contribution >= 4 is 10.9 Å². The van der Waals surface area contributed by atoms with Crippen molar-refractivity contribution < 1.29 is 8.91 Å². The van der Waals surface area contributed by atoms with Gasteiger partial charge < -0.3 is 4.52 Å². The molecule has 108 valence electrons. The second-order valence-corrected chi connectivity index (χ2v) is 5.79. The van der Waals surface area contributed by atoms with Gasteiger partial charge in [0.2, 0.25) is 0 Å². The Hall–Kier alpha value is -2.24. The van der Waals surface area contributed by atoms with Crippen LogP contribution in [0.2, 0.25) is 0 Å². The van der Waals surface area contributed by atoms with E-state index < -0.39 is 0 Å². The van der Waals surface area contributed by atoms with Gasteiger partial charge >= 0.3 is 0 Å². The Morgan fingerprint density at radius 2 is 2.14 bits per heavy atom. The molecule has 0 amide bonds. The molecule has 0 aliphatic heterocycles. The molecule has 4 rings (SSSR count). The molecule has 5 nitrogen and oxygen atoms in total. The highest BCUT2D eigenvalue weighted by Gasteiger charge is 2.29. The molecule has 3 aromatic heterocycles. The second kappa shape index (κ2) is 4.38. The maximum absolute atomic E-state index is 14.1. The molecule has 0 radical (unpaired) electrons. The first-order valence-electron chi connectivity index (χ1n) is 7.14. The Kier molecular flexibility index (Phi) is 2.60. The van der Waals surface area contributed by atoms with E-state index in [1.807, 2.05) is 19.9 Å². The van der Waals surface area contributed by atoms with Gasteiger partial charge in [0.05, 0.1) is 11.6 Å².